The van der Waals surface area contributed by atoms with Crippen LogP contribution in [0, 0.1) is 0 Å². The molecule has 30 heavy (non-hydrogen) atoms. The van der Waals surface area contributed by atoms with E-state index in [1.807, 2.05) is 30.5 Å². The molecule has 0 unspecified atom stereocenters. The van der Waals surface area contributed by atoms with E-state index in [1.165, 1.54) is 10.9 Å². The number of aromatic nitrogens is 2. The Morgan fingerprint density at radius 3 is 2.30 bits per heavy atom. The topological polar surface area (TPSA) is 47.0 Å². The largest absolute Gasteiger partial charge is 0.481 e. The first-order valence-electron chi connectivity index (χ1n) is 10.2. The molecule has 0 amide bonds. The molecular formula is C26H27N3O. The quantitative estimate of drug-likeness (QED) is 0.431. The Balaban J connectivity index is 1.65. The number of hydrogen-bond acceptors (Lipinski definition) is 4. The zero-order valence-electron chi connectivity index (χ0n) is 17.9. The number of pyridine rings is 2. The second-order valence-electron chi connectivity index (χ2n) is 8.48. The molecule has 0 bridgehead atoms. The number of hydrogen-bond donors (Lipinski definition) is 1. The van der Waals surface area contributed by atoms with Gasteiger partial charge in [-0.3, -0.25) is 0 Å². The van der Waals surface area contributed by atoms with Gasteiger partial charge >= 0.3 is 0 Å². The van der Waals surface area contributed by atoms with Crippen LogP contribution < -0.4 is 10.1 Å². The average molecular weight is 398 g/mol. The minimum Gasteiger partial charge on any atom is -0.481 e. The minimum atomic E-state index is 0.138. The van der Waals surface area contributed by atoms with Crippen molar-refractivity contribution in [1.82, 2.24) is 9.97 Å². The van der Waals surface area contributed by atoms with Crippen molar-refractivity contribution in [3.8, 4) is 5.88 Å². The van der Waals surface area contributed by atoms with Crippen LogP contribution in [-0.2, 0) is 11.8 Å². The van der Waals surface area contributed by atoms with Crippen LogP contribution in [0.1, 0.15) is 37.6 Å². The van der Waals surface area contributed by atoms with Crippen molar-refractivity contribution >= 4 is 22.3 Å². The molecule has 0 fully saturated rings. The second-order valence-corrected chi connectivity index (χ2v) is 8.48. The summed E-state index contributed by atoms with van der Waals surface area (Å²) in [6.45, 7) is 6.67. The first kappa shape index (κ1) is 19.9. The summed E-state index contributed by atoms with van der Waals surface area (Å²) in [6.07, 6.45) is 2.64. The van der Waals surface area contributed by atoms with E-state index in [0.29, 0.717) is 12.3 Å². The molecule has 2 heterocycles. The maximum absolute atomic E-state index is 5.26. The standard InChI is InChI=1S/C26H27N3O/c1-26(2,3)19-12-14-20(15-13-19)29-25-23-10-6-5-9-22(23)18(17-27-25)16-21-8-7-11-24(28-21)30-4/h5-15,17H,16H2,1-4H3,(H,27,29). The number of nitrogens with zero attached hydrogens (tertiary/aromatic N) is 2. The van der Waals surface area contributed by atoms with Crippen LogP contribution in [0.4, 0.5) is 11.5 Å². The van der Waals surface area contributed by atoms with Crippen molar-refractivity contribution in [1.29, 1.82) is 0 Å². The number of nitrogens with one attached hydrogen (secondary N) is 1. The van der Waals surface area contributed by atoms with Crippen LogP contribution in [0.2, 0.25) is 0 Å². The van der Waals surface area contributed by atoms with Crippen molar-refractivity contribution in [3.63, 3.8) is 0 Å². The number of anilines is 2. The van der Waals surface area contributed by atoms with Crippen molar-refractivity contribution in [2.45, 2.75) is 32.6 Å². The van der Waals surface area contributed by atoms with Gasteiger partial charge in [-0.1, -0.05) is 63.2 Å². The van der Waals surface area contributed by atoms with Crippen molar-refractivity contribution in [2.24, 2.45) is 0 Å². The van der Waals surface area contributed by atoms with Gasteiger partial charge in [-0.25, -0.2) is 9.97 Å². The van der Waals surface area contributed by atoms with E-state index >= 15 is 0 Å². The van der Waals surface area contributed by atoms with Crippen LogP contribution in [0.5, 0.6) is 5.88 Å². The van der Waals surface area contributed by atoms with Gasteiger partial charge < -0.3 is 10.1 Å². The molecule has 0 aliphatic heterocycles. The SMILES string of the molecule is COc1cccc(Cc2cnc(Nc3ccc(C(C)(C)C)cc3)c3ccccc23)n1. The summed E-state index contributed by atoms with van der Waals surface area (Å²) in [6, 6.07) is 22.8. The van der Waals surface area contributed by atoms with Crippen LogP contribution >= 0.6 is 0 Å². The Kier molecular flexibility index (Phi) is 5.40. The zero-order valence-corrected chi connectivity index (χ0v) is 17.9. The van der Waals surface area contributed by atoms with E-state index in [2.05, 4.69) is 73.5 Å². The molecule has 0 saturated heterocycles. The molecule has 0 atom stereocenters. The van der Waals surface area contributed by atoms with Crippen LogP contribution in [-0.4, -0.2) is 17.1 Å². The van der Waals surface area contributed by atoms with E-state index in [4.69, 9.17) is 9.72 Å². The molecule has 2 aromatic carbocycles. The predicted molar refractivity (Wildman–Crippen MR) is 124 cm³/mol. The minimum absolute atomic E-state index is 0.138. The fraction of sp³-hybridized carbons (Fsp3) is 0.231. The van der Waals surface area contributed by atoms with Crippen LogP contribution in [0.15, 0.2) is 72.9 Å². The summed E-state index contributed by atoms with van der Waals surface area (Å²) in [7, 11) is 1.64. The molecule has 0 aliphatic rings. The van der Waals surface area contributed by atoms with E-state index < -0.39 is 0 Å². The maximum Gasteiger partial charge on any atom is 0.213 e. The lowest BCUT2D eigenvalue weighted by Crippen LogP contribution is -2.10. The highest BCUT2D eigenvalue weighted by Crippen LogP contribution is 2.29. The van der Waals surface area contributed by atoms with E-state index in [-0.39, 0.29) is 5.41 Å². The molecule has 0 spiro atoms. The zero-order chi connectivity index (χ0) is 21.1. The van der Waals surface area contributed by atoms with Crippen molar-refractivity contribution in [2.75, 3.05) is 12.4 Å². The maximum atomic E-state index is 5.26. The number of methoxy groups -OCH3 is 1. The fourth-order valence-electron chi connectivity index (χ4n) is 3.55. The number of ether oxygens (including phenoxy) is 1. The van der Waals surface area contributed by atoms with Gasteiger partial charge in [0.25, 0.3) is 0 Å². The smallest absolute Gasteiger partial charge is 0.213 e. The summed E-state index contributed by atoms with van der Waals surface area (Å²) in [5.74, 6) is 1.48. The summed E-state index contributed by atoms with van der Waals surface area (Å²) < 4.78 is 5.26. The van der Waals surface area contributed by atoms with Gasteiger partial charge in [-0.05, 0) is 40.1 Å². The van der Waals surface area contributed by atoms with Gasteiger partial charge in [0.2, 0.25) is 5.88 Å². The highest BCUT2D eigenvalue weighted by Gasteiger charge is 2.13. The third kappa shape index (κ3) is 4.28. The molecule has 0 saturated carbocycles. The Labute approximate surface area is 178 Å². The summed E-state index contributed by atoms with van der Waals surface area (Å²) in [4.78, 5) is 9.29. The lowest BCUT2D eigenvalue weighted by molar-refractivity contribution is 0.396. The second kappa shape index (κ2) is 8.15. The van der Waals surface area contributed by atoms with E-state index in [9.17, 15) is 0 Å². The van der Waals surface area contributed by atoms with Gasteiger partial charge in [-0.2, -0.15) is 0 Å². The molecular weight excluding hydrogens is 370 g/mol. The predicted octanol–water partition coefficient (Wildman–Crippen LogP) is 6.27. The van der Waals surface area contributed by atoms with E-state index in [1.54, 1.807) is 7.11 Å². The normalized spacial score (nSPS) is 11.5. The number of fused-ring (bicyclic) bond motifs is 1. The molecule has 152 valence electrons. The summed E-state index contributed by atoms with van der Waals surface area (Å²) in [5.41, 5.74) is 4.58. The Hall–Kier alpha value is -3.40. The molecule has 0 radical (unpaired) electrons. The molecule has 0 aliphatic carbocycles. The first-order valence-corrected chi connectivity index (χ1v) is 10.2. The summed E-state index contributed by atoms with van der Waals surface area (Å²) in [5, 5.41) is 5.76. The average Bonchev–Trinajstić information content (AvgIpc) is 2.75. The van der Waals surface area contributed by atoms with Gasteiger partial charge in [0.05, 0.1) is 7.11 Å². The third-order valence-electron chi connectivity index (χ3n) is 5.25. The lowest BCUT2D eigenvalue weighted by atomic mass is 9.87. The van der Waals surface area contributed by atoms with Crippen LogP contribution in [0.25, 0.3) is 10.8 Å². The molecule has 4 aromatic rings. The molecule has 4 heteroatoms. The molecule has 4 rings (SSSR count). The number of rotatable bonds is 5. The van der Waals surface area contributed by atoms with Gasteiger partial charge in [0.15, 0.2) is 0 Å². The summed E-state index contributed by atoms with van der Waals surface area (Å²) >= 11 is 0. The monoisotopic (exact) mass is 397 g/mol. The molecule has 2 aromatic heterocycles. The van der Waals surface area contributed by atoms with Crippen LogP contribution in [0.3, 0.4) is 0 Å². The Bertz CT molecular complexity index is 1160. The molecule has 4 nitrogen and oxygen atoms in total. The third-order valence-corrected chi connectivity index (χ3v) is 5.25. The number of benzene rings is 2. The Morgan fingerprint density at radius 1 is 0.867 bits per heavy atom. The fourth-order valence-corrected chi connectivity index (χ4v) is 3.55. The van der Waals surface area contributed by atoms with Gasteiger partial charge in [0, 0.05) is 35.5 Å². The Morgan fingerprint density at radius 2 is 1.60 bits per heavy atom. The highest BCUT2D eigenvalue weighted by molar-refractivity contribution is 5.95. The van der Waals surface area contributed by atoms with Gasteiger partial charge in [0.1, 0.15) is 5.82 Å². The lowest BCUT2D eigenvalue weighted by Gasteiger charge is -2.19. The molecule has 1 N–H and O–H groups in total. The van der Waals surface area contributed by atoms with Crippen molar-refractivity contribution < 1.29 is 4.74 Å². The first-order chi connectivity index (χ1) is 14.4. The highest BCUT2D eigenvalue weighted by atomic mass is 16.5. The van der Waals surface area contributed by atoms with Gasteiger partial charge in [-0.15, -0.1) is 0 Å². The van der Waals surface area contributed by atoms with E-state index in [0.717, 1.165) is 28.1 Å². The van der Waals surface area contributed by atoms with Crippen molar-refractivity contribution in [3.05, 3.63) is 89.7 Å².